The van der Waals surface area contributed by atoms with Crippen LogP contribution in [0.15, 0.2) is 121 Å². The minimum Gasteiger partial charge on any atom is -0.396 e. The van der Waals surface area contributed by atoms with Gasteiger partial charge in [0.1, 0.15) is 0 Å². The zero-order valence-corrected chi connectivity index (χ0v) is 24.6. The predicted molar refractivity (Wildman–Crippen MR) is 180 cm³/mol. The number of hydrogen-bond acceptors (Lipinski definition) is 2. The lowest BCUT2D eigenvalue weighted by molar-refractivity contribution is 0.266. The lowest BCUT2D eigenvalue weighted by Crippen LogP contribution is -2.25. The molecule has 0 bridgehead atoms. The second-order valence-corrected chi connectivity index (χ2v) is 12.1. The highest BCUT2D eigenvalue weighted by molar-refractivity contribution is 5.92. The molecule has 43 heavy (non-hydrogen) atoms. The Hall–Kier alpha value is -4.24. The van der Waals surface area contributed by atoms with Crippen LogP contribution in [0.1, 0.15) is 49.7 Å². The van der Waals surface area contributed by atoms with Crippen molar-refractivity contribution in [2.24, 2.45) is 0 Å². The standard InChI is InChI=1S/C41H38O2/c42-23-7-5-21-41(22-6-8-24-43)39-19-17-35(33-15-13-29-9-1-3-11-31(29)25-33)27-37(39)38-28-36(18-20-40(38)41)34-16-14-30-10-2-4-12-32(30)26-34/h1-4,9-20,25-28,42-43H,5-8,21-24H2. The number of fused-ring (bicyclic) bond motifs is 5. The monoisotopic (exact) mass is 562 g/mol. The van der Waals surface area contributed by atoms with Crippen LogP contribution in [-0.2, 0) is 5.41 Å². The van der Waals surface area contributed by atoms with Gasteiger partial charge in [-0.15, -0.1) is 0 Å². The van der Waals surface area contributed by atoms with E-state index in [9.17, 15) is 10.2 Å². The summed E-state index contributed by atoms with van der Waals surface area (Å²) in [6.45, 7) is 0.433. The Bertz CT molecular complexity index is 1780. The number of hydrogen-bond donors (Lipinski definition) is 2. The number of aliphatic hydroxyl groups excluding tert-OH is 2. The van der Waals surface area contributed by atoms with Gasteiger partial charge in [-0.05, 0) is 129 Å². The van der Waals surface area contributed by atoms with Crippen LogP contribution in [0.25, 0.3) is 54.9 Å². The smallest absolute Gasteiger partial charge is 0.0431 e. The average Bonchev–Trinajstić information content (AvgIpc) is 3.33. The molecule has 0 amide bonds. The Morgan fingerprint density at radius 2 is 0.791 bits per heavy atom. The van der Waals surface area contributed by atoms with E-state index in [1.54, 1.807) is 0 Å². The van der Waals surface area contributed by atoms with Crippen LogP contribution in [-0.4, -0.2) is 23.4 Å². The third-order valence-electron chi connectivity index (χ3n) is 9.55. The summed E-state index contributed by atoms with van der Waals surface area (Å²) in [5, 5.41) is 24.4. The Labute approximate surface area is 254 Å². The quantitative estimate of drug-likeness (QED) is 0.163. The second kappa shape index (κ2) is 11.8. The van der Waals surface area contributed by atoms with Crippen molar-refractivity contribution in [3.05, 3.63) is 132 Å². The van der Waals surface area contributed by atoms with Crippen molar-refractivity contribution in [1.29, 1.82) is 0 Å². The van der Waals surface area contributed by atoms with Gasteiger partial charge in [-0.2, -0.15) is 0 Å². The molecule has 0 aromatic heterocycles. The zero-order chi connectivity index (χ0) is 29.2. The summed E-state index contributed by atoms with van der Waals surface area (Å²) in [6, 6.07) is 44.8. The fraction of sp³-hybridized carbons (Fsp3) is 0.220. The fourth-order valence-corrected chi connectivity index (χ4v) is 7.35. The molecule has 0 atom stereocenters. The van der Waals surface area contributed by atoms with Crippen LogP contribution in [0, 0.1) is 0 Å². The zero-order valence-electron chi connectivity index (χ0n) is 24.6. The van der Waals surface area contributed by atoms with Crippen molar-refractivity contribution in [2.75, 3.05) is 13.2 Å². The maximum atomic E-state index is 9.67. The van der Waals surface area contributed by atoms with Gasteiger partial charge >= 0.3 is 0 Å². The maximum Gasteiger partial charge on any atom is 0.0431 e. The van der Waals surface area contributed by atoms with E-state index in [2.05, 4.69) is 121 Å². The van der Waals surface area contributed by atoms with Gasteiger partial charge in [0.05, 0.1) is 0 Å². The molecular formula is C41H38O2. The Kier molecular flexibility index (Phi) is 7.57. The molecule has 7 rings (SSSR count). The van der Waals surface area contributed by atoms with Crippen LogP contribution in [0.2, 0.25) is 0 Å². The van der Waals surface area contributed by atoms with E-state index in [1.807, 2.05) is 0 Å². The van der Waals surface area contributed by atoms with Crippen molar-refractivity contribution in [3.63, 3.8) is 0 Å². The van der Waals surface area contributed by atoms with Crippen LogP contribution in [0.3, 0.4) is 0 Å². The summed E-state index contributed by atoms with van der Waals surface area (Å²) in [5.74, 6) is 0. The number of benzene rings is 6. The van der Waals surface area contributed by atoms with Crippen molar-refractivity contribution >= 4 is 21.5 Å². The summed E-state index contributed by atoms with van der Waals surface area (Å²) in [5.41, 5.74) is 10.2. The molecular weight excluding hydrogens is 524 g/mol. The van der Waals surface area contributed by atoms with Crippen molar-refractivity contribution in [3.8, 4) is 33.4 Å². The third kappa shape index (κ3) is 5.05. The number of unbranched alkanes of at least 4 members (excludes halogenated alkanes) is 2. The van der Waals surface area contributed by atoms with E-state index in [1.165, 1.54) is 66.1 Å². The SMILES string of the molecule is OCCCCC1(CCCCO)c2ccc(-c3ccc4ccccc4c3)cc2-c2cc(-c3ccc4ccccc4c3)ccc21. The van der Waals surface area contributed by atoms with Crippen LogP contribution in [0.5, 0.6) is 0 Å². The largest absolute Gasteiger partial charge is 0.396 e. The van der Waals surface area contributed by atoms with E-state index in [-0.39, 0.29) is 18.6 Å². The Balaban J connectivity index is 1.39. The molecule has 1 aliphatic carbocycles. The topological polar surface area (TPSA) is 40.5 Å². The molecule has 6 aromatic rings. The van der Waals surface area contributed by atoms with E-state index in [4.69, 9.17) is 0 Å². The summed E-state index contributed by atoms with van der Waals surface area (Å²) >= 11 is 0. The van der Waals surface area contributed by atoms with E-state index >= 15 is 0 Å². The number of rotatable bonds is 10. The van der Waals surface area contributed by atoms with Crippen molar-refractivity contribution < 1.29 is 10.2 Å². The van der Waals surface area contributed by atoms with Crippen molar-refractivity contribution in [1.82, 2.24) is 0 Å². The first kappa shape index (κ1) is 27.6. The van der Waals surface area contributed by atoms with Gasteiger partial charge in [-0.25, -0.2) is 0 Å². The van der Waals surface area contributed by atoms with Gasteiger partial charge in [-0.1, -0.05) is 97.1 Å². The summed E-state index contributed by atoms with van der Waals surface area (Å²) < 4.78 is 0. The minimum atomic E-state index is -0.126. The molecule has 0 saturated carbocycles. The molecule has 0 aliphatic heterocycles. The summed E-state index contributed by atoms with van der Waals surface area (Å²) in [4.78, 5) is 0. The van der Waals surface area contributed by atoms with E-state index in [0.29, 0.717) is 0 Å². The highest BCUT2D eigenvalue weighted by Crippen LogP contribution is 2.55. The molecule has 2 heteroatoms. The van der Waals surface area contributed by atoms with Crippen molar-refractivity contribution in [2.45, 2.75) is 43.9 Å². The molecule has 0 heterocycles. The molecule has 214 valence electrons. The molecule has 2 N–H and O–H groups in total. The maximum absolute atomic E-state index is 9.67. The Morgan fingerprint density at radius 1 is 0.395 bits per heavy atom. The fourth-order valence-electron chi connectivity index (χ4n) is 7.35. The highest BCUT2D eigenvalue weighted by atomic mass is 16.3. The molecule has 0 spiro atoms. The lowest BCUT2D eigenvalue weighted by Gasteiger charge is -2.33. The number of aliphatic hydroxyl groups is 2. The lowest BCUT2D eigenvalue weighted by atomic mass is 9.70. The second-order valence-electron chi connectivity index (χ2n) is 12.1. The van der Waals surface area contributed by atoms with Gasteiger partial charge in [0, 0.05) is 18.6 Å². The normalized spacial score (nSPS) is 13.3. The predicted octanol–water partition coefficient (Wildman–Crippen LogP) is 9.92. The van der Waals surface area contributed by atoms with Gasteiger partial charge in [0.25, 0.3) is 0 Å². The van der Waals surface area contributed by atoms with E-state index < -0.39 is 0 Å². The summed E-state index contributed by atoms with van der Waals surface area (Å²) in [6.07, 6.45) is 5.52. The molecule has 1 aliphatic rings. The average molecular weight is 563 g/mol. The molecule has 0 saturated heterocycles. The van der Waals surface area contributed by atoms with Crippen LogP contribution < -0.4 is 0 Å². The first-order valence-corrected chi connectivity index (χ1v) is 15.7. The van der Waals surface area contributed by atoms with E-state index in [0.717, 1.165) is 38.5 Å². The summed E-state index contributed by atoms with van der Waals surface area (Å²) in [7, 11) is 0. The first-order chi connectivity index (χ1) is 21.2. The van der Waals surface area contributed by atoms with Gasteiger partial charge in [0.15, 0.2) is 0 Å². The molecule has 0 fully saturated rings. The molecule has 0 unspecified atom stereocenters. The highest BCUT2D eigenvalue weighted by Gasteiger charge is 2.42. The van der Waals surface area contributed by atoms with Gasteiger partial charge < -0.3 is 10.2 Å². The minimum absolute atomic E-state index is 0.126. The molecule has 0 radical (unpaired) electrons. The molecule has 6 aromatic carbocycles. The Morgan fingerprint density at radius 3 is 1.23 bits per heavy atom. The third-order valence-corrected chi connectivity index (χ3v) is 9.55. The van der Waals surface area contributed by atoms with Gasteiger partial charge in [-0.3, -0.25) is 0 Å². The van der Waals surface area contributed by atoms with Crippen LogP contribution in [0.4, 0.5) is 0 Å². The molecule has 2 nitrogen and oxygen atoms in total. The van der Waals surface area contributed by atoms with Crippen LogP contribution >= 0.6 is 0 Å². The first-order valence-electron chi connectivity index (χ1n) is 15.7. The van der Waals surface area contributed by atoms with Gasteiger partial charge in [0.2, 0.25) is 0 Å².